The van der Waals surface area contributed by atoms with Crippen molar-refractivity contribution in [3.05, 3.63) is 30.2 Å². The number of aromatic nitrogens is 2. The highest BCUT2D eigenvalue weighted by Gasteiger charge is 2.09. The molecule has 2 aromatic rings. The maximum atomic E-state index is 5.64. The zero-order chi connectivity index (χ0) is 14.2. The molecule has 1 aromatic heterocycles. The molecule has 0 fully saturated rings. The molecule has 108 valence electrons. The largest absolute Gasteiger partial charge is 0.494 e. The molecule has 1 heterocycles. The Balaban J connectivity index is 2.03. The van der Waals surface area contributed by atoms with Gasteiger partial charge in [-0.05, 0) is 37.6 Å². The van der Waals surface area contributed by atoms with Crippen molar-refractivity contribution < 1.29 is 9.15 Å². The van der Waals surface area contributed by atoms with Gasteiger partial charge in [-0.25, -0.2) is 0 Å². The molecule has 0 saturated heterocycles. The van der Waals surface area contributed by atoms with E-state index >= 15 is 0 Å². The summed E-state index contributed by atoms with van der Waals surface area (Å²) in [6, 6.07) is 7.72. The van der Waals surface area contributed by atoms with Crippen LogP contribution in [-0.4, -0.2) is 23.3 Å². The van der Waals surface area contributed by atoms with Crippen molar-refractivity contribution in [1.82, 2.24) is 15.5 Å². The van der Waals surface area contributed by atoms with Gasteiger partial charge >= 0.3 is 0 Å². The van der Waals surface area contributed by atoms with E-state index in [0.29, 0.717) is 24.9 Å². The van der Waals surface area contributed by atoms with Gasteiger partial charge in [0.2, 0.25) is 11.8 Å². The number of benzene rings is 1. The maximum absolute atomic E-state index is 5.64. The van der Waals surface area contributed by atoms with E-state index in [-0.39, 0.29) is 0 Å². The lowest BCUT2D eigenvalue weighted by Crippen LogP contribution is -2.13. The molecule has 0 spiro atoms. The lowest BCUT2D eigenvalue weighted by Gasteiger charge is -2.04. The Labute approximate surface area is 119 Å². The highest BCUT2D eigenvalue weighted by molar-refractivity contribution is 5.55. The SMILES string of the molecule is CCCNCc1nnc(-c2cccc(OCCC)c2)o1. The monoisotopic (exact) mass is 275 g/mol. The predicted octanol–water partition coefficient (Wildman–Crippen LogP) is 3.03. The molecule has 0 aliphatic heterocycles. The minimum atomic E-state index is 0.528. The Bertz CT molecular complexity index is 525. The molecule has 0 saturated carbocycles. The van der Waals surface area contributed by atoms with Crippen molar-refractivity contribution in [1.29, 1.82) is 0 Å². The second-order valence-electron chi connectivity index (χ2n) is 4.55. The van der Waals surface area contributed by atoms with Crippen molar-refractivity contribution in [3.63, 3.8) is 0 Å². The van der Waals surface area contributed by atoms with E-state index in [4.69, 9.17) is 9.15 Å². The highest BCUT2D eigenvalue weighted by atomic mass is 16.5. The molecule has 1 aromatic carbocycles. The smallest absolute Gasteiger partial charge is 0.247 e. The van der Waals surface area contributed by atoms with Crippen LogP contribution in [0.3, 0.4) is 0 Å². The quantitative estimate of drug-likeness (QED) is 0.750. The van der Waals surface area contributed by atoms with Gasteiger partial charge < -0.3 is 14.5 Å². The Hall–Kier alpha value is -1.88. The van der Waals surface area contributed by atoms with Crippen molar-refractivity contribution in [2.75, 3.05) is 13.2 Å². The van der Waals surface area contributed by atoms with Crippen LogP contribution >= 0.6 is 0 Å². The van der Waals surface area contributed by atoms with Crippen LogP contribution in [0.15, 0.2) is 28.7 Å². The van der Waals surface area contributed by atoms with Crippen molar-refractivity contribution in [3.8, 4) is 17.2 Å². The summed E-state index contributed by atoms with van der Waals surface area (Å²) in [5.41, 5.74) is 0.882. The molecule has 5 nitrogen and oxygen atoms in total. The van der Waals surface area contributed by atoms with E-state index in [1.54, 1.807) is 0 Å². The molecule has 2 rings (SSSR count). The number of hydrogen-bond donors (Lipinski definition) is 1. The molecule has 0 radical (unpaired) electrons. The van der Waals surface area contributed by atoms with Crippen LogP contribution in [-0.2, 0) is 6.54 Å². The van der Waals surface area contributed by atoms with Crippen molar-refractivity contribution >= 4 is 0 Å². The minimum absolute atomic E-state index is 0.528. The zero-order valence-electron chi connectivity index (χ0n) is 12.1. The normalized spacial score (nSPS) is 10.7. The van der Waals surface area contributed by atoms with Crippen molar-refractivity contribution in [2.45, 2.75) is 33.2 Å². The highest BCUT2D eigenvalue weighted by Crippen LogP contribution is 2.22. The Morgan fingerprint density at radius 2 is 2.10 bits per heavy atom. The Morgan fingerprint density at radius 3 is 2.90 bits per heavy atom. The second kappa shape index (κ2) is 7.65. The standard InChI is InChI=1S/C15H21N3O2/c1-3-8-16-11-14-17-18-15(20-14)12-6-5-7-13(10-12)19-9-4-2/h5-7,10,16H,3-4,8-9,11H2,1-2H3. The van der Waals surface area contributed by atoms with E-state index in [2.05, 4.69) is 29.4 Å². The van der Waals surface area contributed by atoms with Crippen LogP contribution in [0.2, 0.25) is 0 Å². The van der Waals surface area contributed by atoms with Gasteiger partial charge in [-0.2, -0.15) is 0 Å². The molecule has 20 heavy (non-hydrogen) atoms. The fraction of sp³-hybridized carbons (Fsp3) is 0.467. The average Bonchev–Trinajstić information content (AvgIpc) is 2.95. The summed E-state index contributed by atoms with van der Waals surface area (Å²) in [5, 5.41) is 11.3. The molecule has 1 N–H and O–H groups in total. The van der Waals surface area contributed by atoms with Gasteiger partial charge in [0.05, 0.1) is 13.2 Å². The fourth-order valence-electron chi connectivity index (χ4n) is 1.75. The number of hydrogen-bond acceptors (Lipinski definition) is 5. The minimum Gasteiger partial charge on any atom is -0.494 e. The molecule has 0 aliphatic carbocycles. The van der Waals surface area contributed by atoms with Crippen LogP contribution in [0.25, 0.3) is 11.5 Å². The van der Waals surface area contributed by atoms with Gasteiger partial charge in [-0.15, -0.1) is 10.2 Å². The third kappa shape index (κ3) is 4.06. The predicted molar refractivity (Wildman–Crippen MR) is 77.5 cm³/mol. The molecule has 0 amide bonds. The van der Waals surface area contributed by atoms with E-state index < -0.39 is 0 Å². The molecule has 0 atom stereocenters. The maximum Gasteiger partial charge on any atom is 0.247 e. The number of rotatable bonds is 8. The van der Waals surface area contributed by atoms with Crippen LogP contribution in [0.5, 0.6) is 5.75 Å². The van der Waals surface area contributed by atoms with Gasteiger partial charge in [0, 0.05) is 5.56 Å². The number of nitrogens with zero attached hydrogens (tertiary/aromatic N) is 2. The molecule has 0 unspecified atom stereocenters. The second-order valence-corrected chi connectivity index (χ2v) is 4.55. The first-order valence-electron chi connectivity index (χ1n) is 7.09. The average molecular weight is 275 g/mol. The lowest BCUT2D eigenvalue weighted by molar-refractivity contribution is 0.317. The lowest BCUT2D eigenvalue weighted by atomic mass is 10.2. The van der Waals surface area contributed by atoms with Crippen LogP contribution < -0.4 is 10.1 Å². The third-order valence-electron chi connectivity index (χ3n) is 2.72. The van der Waals surface area contributed by atoms with Gasteiger partial charge in [0.1, 0.15) is 5.75 Å². The summed E-state index contributed by atoms with van der Waals surface area (Å²) in [6.45, 7) is 6.45. The van der Waals surface area contributed by atoms with Crippen LogP contribution in [0.1, 0.15) is 32.6 Å². The van der Waals surface area contributed by atoms with Gasteiger partial charge in [0.25, 0.3) is 0 Å². The summed E-state index contributed by atoms with van der Waals surface area (Å²) in [6.07, 6.45) is 2.07. The fourth-order valence-corrected chi connectivity index (χ4v) is 1.75. The number of ether oxygens (including phenoxy) is 1. The summed E-state index contributed by atoms with van der Waals surface area (Å²) in [5.74, 6) is 1.96. The van der Waals surface area contributed by atoms with Gasteiger partial charge in [0.15, 0.2) is 0 Å². The Kier molecular flexibility index (Phi) is 5.55. The summed E-state index contributed by atoms with van der Waals surface area (Å²) in [7, 11) is 0. The summed E-state index contributed by atoms with van der Waals surface area (Å²) >= 11 is 0. The van der Waals surface area contributed by atoms with Crippen molar-refractivity contribution in [2.24, 2.45) is 0 Å². The molecule has 0 bridgehead atoms. The summed E-state index contributed by atoms with van der Waals surface area (Å²) in [4.78, 5) is 0. The topological polar surface area (TPSA) is 60.2 Å². The molecule has 5 heteroatoms. The molecular formula is C15H21N3O2. The van der Waals surface area contributed by atoms with Gasteiger partial charge in [-0.1, -0.05) is 19.9 Å². The molecular weight excluding hydrogens is 254 g/mol. The van der Waals surface area contributed by atoms with Crippen LogP contribution in [0, 0.1) is 0 Å². The summed E-state index contributed by atoms with van der Waals surface area (Å²) < 4.78 is 11.2. The van der Waals surface area contributed by atoms with E-state index in [1.165, 1.54) is 0 Å². The van der Waals surface area contributed by atoms with Crippen LogP contribution in [0.4, 0.5) is 0 Å². The third-order valence-corrected chi connectivity index (χ3v) is 2.72. The molecule has 0 aliphatic rings. The first-order chi connectivity index (χ1) is 9.83. The zero-order valence-corrected chi connectivity index (χ0v) is 12.1. The first-order valence-corrected chi connectivity index (χ1v) is 7.09. The number of nitrogens with one attached hydrogen (secondary N) is 1. The van der Waals surface area contributed by atoms with Gasteiger partial charge in [-0.3, -0.25) is 0 Å². The first kappa shape index (κ1) is 14.5. The Morgan fingerprint density at radius 1 is 1.20 bits per heavy atom. The van der Waals surface area contributed by atoms with E-state index in [1.807, 2.05) is 24.3 Å². The van der Waals surface area contributed by atoms with E-state index in [9.17, 15) is 0 Å². The van der Waals surface area contributed by atoms with E-state index in [0.717, 1.165) is 30.7 Å².